The number of ether oxygens (including phenoxy) is 2. The Morgan fingerprint density at radius 3 is 2.67 bits per heavy atom. The topological polar surface area (TPSA) is 79.6 Å². The highest BCUT2D eigenvalue weighted by Gasteiger charge is 2.45. The fraction of sp³-hybridized carbons (Fsp3) is 0.833. The van der Waals surface area contributed by atoms with Gasteiger partial charge in [-0.25, -0.2) is 9.59 Å². The third-order valence-electron chi connectivity index (χ3n) is 5.70. The highest BCUT2D eigenvalue weighted by atomic mass is 16.6. The van der Waals surface area contributed by atoms with Gasteiger partial charge in [-0.05, 0) is 56.3 Å². The van der Waals surface area contributed by atoms with Gasteiger partial charge >= 0.3 is 12.1 Å². The maximum absolute atomic E-state index is 12.3. The van der Waals surface area contributed by atoms with E-state index in [1.54, 1.807) is 6.92 Å². The summed E-state index contributed by atoms with van der Waals surface area (Å²) in [6.45, 7) is 4.77. The van der Waals surface area contributed by atoms with Crippen LogP contribution in [0, 0.1) is 35.0 Å². The summed E-state index contributed by atoms with van der Waals surface area (Å²) in [7, 11) is 1.34. The molecule has 0 spiro atoms. The molecule has 0 N–H and O–H groups in total. The summed E-state index contributed by atoms with van der Waals surface area (Å²) >= 11 is 0. The van der Waals surface area contributed by atoms with Gasteiger partial charge in [-0.3, -0.25) is 4.90 Å². The van der Waals surface area contributed by atoms with E-state index >= 15 is 0 Å². The number of carbonyl (C=O) groups is 2. The van der Waals surface area contributed by atoms with Crippen molar-refractivity contribution >= 4 is 12.1 Å². The number of nitrogens with zero attached hydrogens (tertiary/aromatic N) is 2. The molecule has 0 radical (unpaired) electrons. The molecular weight excluding hydrogens is 308 g/mol. The van der Waals surface area contributed by atoms with E-state index in [9.17, 15) is 9.59 Å². The van der Waals surface area contributed by atoms with Crippen LogP contribution in [0.1, 0.15) is 46.0 Å². The largest absolute Gasteiger partial charge is 0.464 e. The molecule has 134 valence electrons. The average Bonchev–Trinajstić information content (AvgIpc) is 2.59. The Kier molecular flexibility index (Phi) is 6.47. The van der Waals surface area contributed by atoms with Gasteiger partial charge in [0, 0.05) is 13.0 Å². The summed E-state index contributed by atoms with van der Waals surface area (Å²) in [4.78, 5) is 25.9. The first kappa shape index (κ1) is 18.6. The Bertz CT molecular complexity index is 502. The van der Waals surface area contributed by atoms with E-state index in [-0.39, 0.29) is 5.97 Å². The van der Waals surface area contributed by atoms with Crippen LogP contribution in [-0.4, -0.2) is 43.3 Å². The van der Waals surface area contributed by atoms with E-state index in [0.717, 1.165) is 19.3 Å². The summed E-state index contributed by atoms with van der Waals surface area (Å²) < 4.78 is 10.0. The summed E-state index contributed by atoms with van der Waals surface area (Å²) in [6.07, 6.45) is 3.91. The highest BCUT2D eigenvalue weighted by molar-refractivity contribution is 5.81. The first-order valence-corrected chi connectivity index (χ1v) is 8.89. The van der Waals surface area contributed by atoms with Crippen molar-refractivity contribution < 1.29 is 19.1 Å². The van der Waals surface area contributed by atoms with Crippen LogP contribution in [0.25, 0.3) is 0 Å². The lowest BCUT2D eigenvalue weighted by Crippen LogP contribution is -2.55. The lowest BCUT2D eigenvalue weighted by atomic mass is 9.66. The Hall–Kier alpha value is -1.77. The van der Waals surface area contributed by atoms with Crippen molar-refractivity contribution in [3.05, 3.63) is 0 Å². The van der Waals surface area contributed by atoms with Gasteiger partial charge in [0.1, 0.15) is 6.04 Å². The molecule has 1 saturated heterocycles. The molecule has 1 saturated carbocycles. The van der Waals surface area contributed by atoms with Crippen molar-refractivity contribution in [3.63, 3.8) is 0 Å². The van der Waals surface area contributed by atoms with Crippen LogP contribution in [0.3, 0.4) is 0 Å². The lowest BCUT2D eigenvalue weighted by Gasteiger charge is -2.46. The summed E-state index contributed by atoms with van der Waals surface area (Å²) in [6, 6.07) is 1.71. The molecule has 6 heteroatoms. The van der Waals surface area contributed by atoms with Gasteiger partial charge in [0.15, 0.2) is 0 Å². The number of carbonyl (C=O) groups excluding carboxylic acids is 2. The zero-order valence-corrected chi connectivity index (χ0v) is 14.9. The van der Waals surface area contributed by atoms with E-state index in [1.807, 2.05) is 0 Å². The Balaban J connectivity index is 2.10. The number of likely N-dealkylation sites (tertiary alicyclic amines) is 1. The van der Waals surface area contributed by atoms with Crippen LogP contribution in [0.4, 0.5) is 4.79 Å². The fourth-order valence-corrected chi connectivity index (χ4v) is 4.29. The molecule has 0 aromatic carbocycles. The molecule has 2 fully saturated rings. The van der Waals surface area contributed by atoms with Gasteiger partial charge < -0.3 is 9.47 Å². The third kappa shape index (κ3) is 4.00. The van der Waals surface area contributed by atoms with E-state index < -0.39 is 12.1 Å². The quantitative estimate of drug-likeness (QED) is 0.737. The number of esters is 1. The third-order valence-corrected chi connectivity index (χ3v) is 5.70. The molecule has 24 heavy (non-hydrogen) atoms. The number of methoxy groups -OCH3 is 1. The molecule has 2 aliphatic rings. The number of amides is 1. The molecule has 1 amide bonds. The van der Waals surface area contributed by atoms with Gasteiger partial charge in [0.2, 0.25) is 0 Å². The predicted molar refractivity (Wildman–Crippen MR) is 87.9 cm³/mol. The number of nitriles is 1. The Morgan fingerprint density at radius 1 is 1.29 bits per heavy atom. The van der Waals surface area contributed by atoms with E-state index in [2.05, 4.69) is 13.0 Å². The van der Waals surface area contributed by atoms with Gasteiger partial charge in [-0.15, -0.1) is 0 Å². The molecule has 1 heterocycles. The van der Waals surface area contributed by atoms with Crippen molar-refractivity contribution in [2.24, 2.45) is 23.7 Å². The van der Waals surface area contributed by atoms with Crippen molar-refractivity contribution in [1.29, 1.82) is 5.26 Å². The number of hydrogen-bond acceptors (Lipinski definition) is 5. The number of rotatable bonds is 4. The second-order valence-electron chi connectivity index (χ2n) is 7.06. The van der Waals surface area contributed by atoms with Gasteiger partial charge in [0.05, 0.1) is 19.8 Å². The Labute approximate surface area is 144 Å². The molecule has 2 rings (SSSR count). The SMILES string of the molecule is CCOC(=O)[C@@H]1C[C@H]2C[C@@H](C(C)CC#N)CC[C@H]2CN1C(=O)OC. The summed E-state index contributed by atoms with van der Waals surface area (Å²) in [5.74, 6) is 1.38. The normalized spacial score (nSPS) is 30.7. The number of hydrogen-bond donors (Lipinski definition) is 0. The minimum atomic E-state index is -0.552. The number of fused-ring (bicyclic) bond motifs is 1. The molecule has 1 aliphatic heterocycles. The smallest absolute Gasteiger partial charge is 0.410 e. The molecule has 6 nitrogen and oxygen atoms in total. The number of piperidine rings is 1. The van der Waals surface area contributed by atoms with E-state index in [4.69, 9.17) is 14.7 Å². The summed E-state index contributed by atoms with van der Waals surface area (Å²) in [5.41, 5.74) is 0. The van der Waals surface area contributed by atoms with Crippen LogP contribution < -0.4 is 0 Å². The molecule has 0 bridgehead atoms. The maximum Gasteiger partial charge on any atom is 0.410 e. The monoisotopic (exact) mass is 336 g/mol. The average molecular weight is 336 g/mol. The van der Waals surface area contributed by atoms with Crippen molar-refractivity contribution in [2.45, 2.75) is 52.0 Å². The second kappa shape index (κ2) is 8.36. The second-order valence-corrected chi connectivity index (χ2v) is 7.06. The van der Waals surface area contributed by atoms with Gasteiger partial charge in [-0.1, -0.05) is 6.92 Å². The minimum absolute atomic E-state index is 0.306. The summed E-state index contributed by atoms with van der Waals surface area (Å²) in [5, 5.41) is 8.93. The first-order valence-electron chi connectivity index (χ1n) is 8.89. The van der Waals surface area contributed by atoms with Crippen LogP contribution in [0.15, 0.2) is 0 Å². The molecule has 5 atom stereocenters. The zero-order chi connectivity index (χ0) is 17.7. The van der Waals surface area contributed by atoms with Crippen molar-refractivity contribution in [3.8, 4) is 6.07 Å². The van der Waals surface area contributed by atoms with Gasteiger partial charge in [-0.2, -0.15) is 5.26 Å². The maximum atomic E-state index is 12.3. The van der Waals surface area contributed by atoms with Crippen LogP contribution in [0.5, 0.6) is 0 Å². The highest BCUT2D eigenvalue weighted by Crippen LogP contribution is 2.44. The molecule has 1 aliphatic carbocycles. The minimum Gasteiger partial charge on any atom is -0.464 e. The predicted octanol–water partition coefficient (Wildman–Crippen LogP) is 2.97. The zero-order valence-electron chi connectivity index (χ0n) is 14.9. The Morgan fingerprint density at radius 2 is 2.04 bits per heavy atom. The standard InChI is InChI=1S/C18H28N2O4/c1-4-24-17(21)16-10-15-9-13(12(2)7-8-19)5-6-14(15)11-20(16)18(22)23-3/h12-16H,4-7,9-11H2,1-3H3/t12?,13-,14-,15+,16-/m0/s1. The van der Waals surface area contributed by atoms with E-state index in [1.165, 1.54) is 12.0 Å². The fourth-order valence-electron chi connectivity index (χ4n) is 4.29. The lowest BCUT2D eigenvalue weighted by molar-refractivity contribution is -0.152. The van der Waals surface area contributed by atoms with Crippen molar-refractivity contribution in [2.75, 3.05) is 20.3 Å². The molecule has 0 aromatic heterocycles. The van der Waals surface area contributed by atoms with Crippen LogP contribution in [0.2, 0.25) is 0 Å². The molecule has 1 unspecified atom stereocenters. The van der Waals surface area contributed by atoms with Crippen LogP contribution in [-0.2, 0) is 14.3 Å². The van der Waals surface area contributed by atoms with E-state index in [0.29, 0.717) is 49.7 Å². The van der Waals surface area contributed by atoms with Gasteiger partial charge in [0.25, 0.3) is 0 Å². The van der Waals surface area contributed by atoms with Crippen LogP contribution >= 0.6 is 0 Å². The first-order chi connectivity index (χ1) is 11.5. The molecular formula is C18H28N2O4. The molecule has 0 aromatic rings. The van der Waals surface area contributed by atoms with Crippen molar-refractivity contribution in [1.82, 2.24) is 4.90 Å².